The minimum atomic E-state index is -1.11. The fraction of sp³-hybridized carbons (Fsp3) is 0.438. The summed E-state index contributed by atoms with van der Waals surface area (Å²) < 4.78 is 5.51. The molecule has 0 bridgehead atoms. The van der Waals surface area contributed by atoms with Crippen molar-refractivity contribution in [3.8, 4) is 23.0 Å². The van der Waals surface area contributed by atoms with Crippen LogP contribution < -0.4 is 16.0 Å². The van der Waals surface area contributed by atoms with Crippen LogP contribution in [0.25, 0.3) is 11.1 Å². The second-order valence-corrected chi connectivity index (χ2v) is 17.3. The minimum absolute atomic E-state index is 0.0498. The Balaban J connectivity index is 0.932. The molecule has 4 atom stereocenters. The monoisotopic (exact) mass is 842 g/mol. The van der Waals surface area contributed by atoms with Crippen LogP contribution in [-0.4, -0.2) is 99.1 Å². The van der Waals surface area contributed by atoms with Gasteiger partial charge in [0.25, 0.3) is 5.91 Å². The highest BCUT2D eigenvalue weighted by molar-refractivity contribution is 6.05. The number of hydrogen-bond donors (Lipinski definition) is 3. The predicted octanol–water partition coefficient (Wildman–Crippen LogP) is 5.54. The lowest BCUT2D eigenvalue weighted by molar-refractivity contribution is -0.144. The average Bonchev–Trinajstić information content (AvgIpc) is 3.81. The minimum Gasteiger partial charge on any atom is -0.444 e. The number of benzene rings is 3. The first-order chi connectivity index (χ1) is 29.8. The molecule has 0 aliphatic carbocycles. The molecule has 14 nitrogen and oxygen atoms in total. The van der Waals surface area contributed by atoms with E-state index in [4.69, 9.17) is 4.74 Å². The van der Waals surface area contributed by atoms with E-state index in [0.29, 0.717) is 56.3 Å². The number of alkyl carbamates (subject to hydrolysis) is 1. The van der Waals surface area contributed by atoms with E-state index in [1.165, 1.54) is 4.90 Å². The van der Waals surface area contributed by atoms with Gasteiger partial charge < -0.3 is 30.1 Å². The maximum absolute atomic E-state index is 14.4. The van der Waals surface area contributed by atoms with Crippen LogP contribution in [0, 0.1) is 11.8 Å². The summed E-state index contributed by atoms with van der Waals surface area (Å²) in [6.07, 6.45) is 4.16. The average molecular weight is 843 g/mol. The molecule has 1 unspecified atom stereocenters. The van der Waals surface area contributed by atoms with Crippen molar-refractivity contribution in [2.24, 2.45) is 0 Å². The molecular weight excluding hydrogens is 789 g/mol. The Bertz CT molecular complexity index is 2280. The second kappa shape index (κ2) is 19.1. The van der Waals surface area contributed by atoms with Crippen LogP contribution in [0.5, 0.6) is 0 Å². The molecule has 3 fully saturated rings. The molecule has 4 aliphatic heterocycles. The maximum Gasteiger partial charge on any atom is 0.408 e. The number of carbonyl (C=O) groups excluding carboxylic acids is 7. The number of nitrogens with one attached hydrogen (secondary N) is 3. The zero-order chi connectivity index (χ0) is 44.0. The number of piperidine rings is 1. The Labute approximate surface area is 362 Å². The SMILES string of the molecule is CC(C)(C)OC(=O)N[C@H]1CN(C(=O)CCCCCC#Cc2cccc3c2CN(C2CCC(=O)NC2=O)C3=O)CC[C@H]2CC[C@@H](C(=O)Nc3ccc(-c4ccccc4)cc3)N2C1=O. The first kappa shape index (κ1) is 43.6. The molecule has 14 heteroatoms. The van der Waals surface area contributed by atoms with Crippen LogP contribution in [-0.2, 0) is 35.3 Å². The fourth-order valence-corrected chi connectivity index (χ4v) is 8.70. The molecule has 0 spiro atoms. The summed E-state index contributed by atoms with van der Waals surface area (Å²) >= 11 is 0. The first-order valence-electron chi connectivity index (χ1n) is 21.6. The number of carbonyl (C=O) groups is 7. The Kier molecular flexibility index (Phi) is 13.4. The normalized spacial score (nSPS) is 21.2. The largest absolute Gasteiger partial charge is 0.444 e. The number of imide groups is 1. The van der Waals surface area contributed by atoms with Crippen molar-refractivity contribution in [1.29, 1.82) is 0 Å². The maximum atomic E-state index is 14.4. The zero-order valence-electron chi connectivity index (χ0n) is 35.5. The van der Waals surface area contributed by atoms with E-state index in [1.807, 2.05) is 60.7 Å². The van der Waals surface area contributed by atoms with Gasteiger partial charge in [0, 0.05) is 55.2 Å². The van der Waals surface area contributed by atoms with Gasteiger partial charge in [-0.15, -0.1) is 0 Å². The van der Waals surface area contributed by atoms with Crippen molar-refractivity contribution in [2.45, 2.75) is 121 Å². The number of nitrogens with zero attached hydrogens (tertiary/aromatic N) is 3. The molecule has 62 heavy (non-hydrogen) atoms. The summed E-state index contributed by atoms with van der Waals surface area (Å²) in [7, 11) is 0. The van der Waals surface area contributed by atoms with Crippen LogP contribution in [0.2, 0.25) is 0 Å². The predicted molar refractivity (Wildman–Crippen MR) is 231 cm³/mol. The lowest BCUT2D eigenvalue weighted by Crippen LogP contribution is -2.61. The highest BCUT2D eigenvalue weighted by Gasteiger charge is 2.46. The quantitative estimate of drug-likeness (QED) is 0.136. The first-order valence-corrected chi connectivity index (χ1v) is 21.6. The van der Waals surface area contributed by atoms with Crippen LogP contribution in [0.15, 0.2) is 72.8 Å². The third kappa shape index (κ3) is 10.3. The van der Waals surface area contributed by atoms with Crippen LogP contribution >= 0.6 is 0 Å². The van der Waals surface area contributed by atoms with Gasteiger partial charge in [0.1, 0.15) is 23.7 Å². The third-order valence-corrected chi connectivity index (χ3v) is 11.8. The van der Waals surface area contributed by atoms with Gasteiger partial charge in [-0.3, -0.25) is 34.1 Å². The van der Waals surface area contributed by atoms with E-state index in [9.17, 15) is 33.6 Å². The highest BCUT2D eigenvalue weighted by Crippen LogP contribution is 2.32. The summed E-state index contributed by atoms with van der Waals surface area (Å²) in [5.41, 5.74) is 3.88. The number of fused-ring (bicyclic) bond motifs is 2. The number of unbranched alkanes of at least 4 members (excludes halogenated alkanes) is 3. The molecule has 3 saturated heterocycles. The molecule has 3 aromatic rings. The third-order valence-electron chi connectivity index (χ3n) is 11.8. The van der Waals surface area contributed by atoms with Crippen molar-refractivity contribution < 1.29 is 38.3 Å². The van der Waals surface area contributed by atoms with Crippen LogP contribution in [0.3, 0.4) is 0 Å². The van der Waals surface area contributed by atoms with E-state index in [1.54, 1.807) is 42.7 Å². The molecule has 0 saturated carbocycles. The Morgan fingerprint density at radius 1 is 0.855 bits per heavy atom. The van der Waals surface area contributed by atoms with E-state index in [2.05, 4.69) is 27.8 Å². The van der Waals surface area contributed by atoms with Crippen LogP contribution in [0.4, 0.5) is 10.5 Å². The van der Waals surface area contributed by atoms with E-state index in [0.717, 1.165) is 35.1 Å². The van der Waals surface area contributed by atoms with Gasteiger partial charge in [0.2, 0.25) is 29.5 Å². The van der Waals surface area contributed by atoms with Crippen molar-refractivity contribution in [2.75, 3.05) is 18.4 Å². The Hall–Kier alpha value is -6.49. The van der Waals surface area contributed by atoms with Crippen molar-refractivity contribution >= 4 is 47.2 Å². The van der Waals surface area contributed by atoms with Crippen molar-refractivity contribution in [3.63, 3.8) is 0 Å². The van der Waals surface area contributed by atoms with Crippen molar-refractivity contribution in [3.05, 3.63) is 89.5 Å². The standard InChI is InChI=1S/C48H54N6O8/c1-48(2,3)62-47(61)50-38-30-52(28-27-35-23-24-40(54(35)46(38)60)44(58)49-34-21-19-32(20-22-34)31-13-9-7-10-14-31)42(56)18-11-6-4-5-8-15-33-16-12-17-36-37(33)29-53(45(36)59)39-25-26-41(55)51-43(39)57/h7,9-10,12-14,16-17,19-22,35,38-40H,4-6,11,18,23-30H2,1-3H3,(H,49,58)(H,50,61)(H,51,55,57)/t35-,38+,39?,40+/m1/s1. The van der Waals surface area contributed by atoms with E-state index < -0.39 is 41.6 Å². The number of ether oxygens (including phenoxy) is 1. The summed E-state index contributed by atoms with van der Waals surface area (Å²) in [6, 6.07) is 20.0. The summed E-state index contributed by atoms with van der Waals surface area (Å²) in [4.78, 5) is 96.9. The van der Waals surface area contributed by atoms with E-state index in [-0.39, 0.29) is 55.6 Å². The van der Waals surface area contributed by atoms with Gasteiger partial charge >= 0.3 is 6.09 Å². The van der Waals surface area contributed by atoms with Gasteiger partial charge in [-0.2, -0.15) is 0 Å². The van der Waals surface area contributed by atoms with Gasteiger partial charge in [0.05, 0.1) is 6.54 Å². The lowest BCUT2D eigenvalue weighted by Gasteiger charge is -2.38. The Morgan fingerprint density at radius 2 is 1.61 bits per heavy atom. The molecule has 7 amide bonds. The molecular formula is C48H54N6O8. The molecule has 4 aliphatic rings. The molecule has 3 N–H and O–H groups in total. The fourth-order valence-electron chi connectivity index (χ4n) is 8.70. The number of rotatable bonds is 10. The van der Waals surface area contributed by atoms with Gasteiger partial charge in [-0.1, -0.05) is 66.8 Å². The summed E-state index contributed by atoms with van der Waals surface area (Å²) in [5.74, 6) is 4.51. The van der Waals surface area contributed by atoms with E-state index >= 15 is 0 Å². The number of amides is 7. The highest BCUT2D eigenvalue weighted by atomic mass is 16.6. The topological polar surface area (TPSA) is 175 Å². The van der Waals surface area contributed by atoms with Gasteiger partial charge in [-0.05, 0) is 100 Å². The lowest BCUT2D eigenvalue weighted by atomic mass is 10.0. The van der Waals surface area contributed by atoms with Gasteiger partial charge in [-0.25, -0.2) is 4.79 Å². The second-order valence-electron chi connectivity index (χ2n) is 17.3. The number of anilines is 1. The molecule has 0 aromatic heterocycles. The number of hydrogen-bond acceptors (Lipinski definition) is 8. The Morgan fingerprint density at radius 3 is 2.35 bits per heavy atom. The molecule has 7 rings (SSSR count). The summed E-state index contributed by atoms with van der Waals surface area (Å²) in [5, 5.41) is 8.04. The smallest absolute Gasteiger partial charge is 0.408 e. The summed E-state index contributed by atoms with van der Waals surface area (Å²) in [6.45, 7) is 5.75. The van der Waals surface area contributed by atoms with Gasteiger partial charge in [0.15, 0.2) is 0 Å². The molecule has 4 heterocycles. The molecule has 3 aromatic carbocycles. The zero-order valence-corrected chi connectivity index (χ0v) is 35.5. The molecule has 324 valence electrons. The molecule has 0 radical (unpaired) electrons. The van der Waals surface area contributed by atoms with Crippen molar-refractivity contribution in [1.82, 2.24) is 25.3 Å². The van der Waals surface area contributed by atoms with Crippen LogP contribution in [0.1, 0.15) is 106 Å².